The van der Waals surface area contributed by atoms with Gasteiger partial charge >= 0.3 is 0 Å². The molecule has 144 valence electrons. The van der Waals surface area contributed by atoms with Gasteiger partial charge in [-0.05, 0) is 18.6 Å². The molecule has 0 spiro atoms. The summed E-state index contributed by atoms with van der Waals surface area (Å²) < 4.78 is 5.87. The molecule has 1 heterocycles. The second-order valence-corrected chi connectivity index (χ2v) is 7.28. The van der Waals surface area contributed by atoms with Crippen LogP contribution in [0, 0.1) is 0 Å². The van der Waals surface area contributed by atoms with Crippen molar-refractivity contribution in [3.63, 3.8) is 0 Å². The molecular formula is C23H35NO2. The summed E-state index contributed by atoms with van der Waals surface area (Å²) >= 11 is 0. The smallest absolute Gasteiger partial charge is 0.252 e. The van der Waals surface area contributed by atoms with Gasteiger partial charge in [0.25, 0.3) is 5.56 Å². The maximum Gasteiger partial charge on any atom is 0.252 e. The van der Waals surface area contributed by atoms with Crippen molar-refractivity contribution in [3.8, 4) is 5.75 Å². The number of benzene rings is 1. The first-order chi connectivity index (χ1) is 12.8. The predicted molar refractivity (Wildman–Crippen MR) is 111 cm³/mol. The van der Waals surface area contributed by atoms with Crippen molar-refractivity contribution in [2.45, 2.75) is 84.0 Å². The number of fused-ring (bicyclic) bond motifs is 1. The highest BCUT2D eigenvalue weighted by atomic mass is 16.5. The molecule has 2 aromatic rings. The van der Waals surface area contributed by atoms with Crippen molar-refractivity contribution in [1.29, 1.82) is 0 Å². The number of hydrogen-bond donors (Lipinski definition) is 1. The molecule has 0 saturated heterocycles. The van der Waals surface area contributed by atoms with Crippen LogP contribution in [0.4, 0.5) is 0 Å². The van der Waals surface area contributed by atoms with E-state index >= 15 is 0 Å². The van der Waals surface area contributed by atoms with Crippen LogP contribution in [0.15, 0.2) is 35.1 Å². The Morgan fingerprint density at radius 1 is 0.808 bits per heavy atom. The van der Waals surface area contributed by atoms with Gasteiger partial charge in [-0.15, -0.1) is 0 Å². The van der Waals surface area contributed by atoms with E-state index < -0.39 is 0 Å². The number of aromatic nitrogens is 1. The van der Waals surface area contributed by atoms with Gasteiger partial charge in [-0.1, -0.05) is 89.7 Å². The largest absolute Gasteiger partial charge is 0.493 e. The van der Waals surface area contributed by atoms with E-state index in [1.807, 2.05) is 24.3 Å². The number of H-pyrrole nitrogens is 1. The Morgan fingerprint density at radius 2 is 1.38 bits per heavy atom. The zero-order valence-corrected chi connectivity index (χ0v) is 16.4. The standard InChI is InChI=1S/C23H35NO2/c1-2-3-4-5-6-7-8-9-10-11-12-15-18-26-22-19-23(25)24-21-17-14-13-16-20(21)22/h13-14,16-17,19H,2-12,15,18H2,1H3,(H,24,25). The molecule has 0 fully saturated rings. The molecule has 3 nitrogen and oxygen atoms in total. The average Bonchev–Trinajstić information content (AvgIpc) is 2.65. The highest BCUT2D eigenvalue weighted by molar-refractivity contribution is 5.84. The predicted octanol–water partition coefficient (Wildman–Crippen LogP) is 6.61. The number of aromatic amines is 1. The fourth-order valence-corrected chi connectivity index (χ4v) is 3.42. The van der Waals surface area contributed by atoms with E-state index in [0.29, 0.717) is 12.4 Å². The van der Waals surface area contributed by atoms with Crippen molar-refractivity contribution in [1.82, 2.24) is 4.98 Å². The maximum atomic E-state index is 11.7. The molecule has 0 aliphatic heterocycles. The first kappa shape index (κ1) is 20.5. The Morgan fingerprint density at radius 3 is 2.04 bits per heavy atom. The van der Waals surface area contributed by atoms with Gasteiger partial charge < -0.3 is 9.72 Å². The molecule has 2 rings (SSSR count). The van der Waals surface area contributed by atoms with Crippen LogP contribution in [0.3, 0.4) is 0 Å². The van der Waals surface area contributed by atoms with Crippen LogP contribution in [-0.2, 0) is 0 Å². The Balaban J connectivity index is 1.52. The van der Waals surface area contributed by atoms with Gasteiger partial charge in [-0.25, -0.2) is 0 Å². The molecule has 0 atom stereocenters. The molecule has 0 saturated carbocycles. The lowest BCUT2D eigenvalue weighted by atomic mass is 10.1. The molecule has 0 unspecified atom stereocenters. The number of rotatable bonds is 14. The second-order valence-electron chi connectivity index (χ2n) is 7.28. The van der Waals surface area contributed by atoms with Crippen LogP contribution in [0.1, 0.15) is 84.0 Å². The highest BCUT2D eigenvalue weighted by Gasteiger charge is 2.03. The van der Waals surface area contributed by atoms with Crippen LogP contribution in [0.25, 0.3) is 10.9 Å². The van der Waals surface area contributed by atoms with Crippen molar-refractivity contribution in [2.75, 3.05) is 6.61 Å². The molecule has 1 aromatic carbocycles. The van der Waals surface area contributed by atoms with Crippen LogP contribution >= 0.6 is 0 Å². The summed E-state index contributed by atoms with van der Waals surface area (Å²) in [4.78, 5) is 14.5. The van der Waals surface area contributed by atoms with Crippen LogP contribution < -0.4 is 10.3 Å². The molecule has 0 aliphatic carbocycles. The lowest BCUT2D eigenvalue weighted by Crippen LogP contribution is -2.07. The third-order valence-corrected chi connectivity index (χ3v) is 4.97. The Hall–Kier alpha value is -1.77. The normalized spacial score (nSPS) is 11.1. The van der Waals surface area contributed by atoms with Gasteiger partial charge in [-0.2, -0.15) is 0 Å². The monoisotopic (exact) mass is 357 g/mol. The van der Waals surface area contributed by atoms with E-state index in [2.05, 4.69) is 11.9 Å². The van der Waals surface area contributed by atoms with Crippen LogP contribution in [0.2, 0.25) is 0 Å². The van der Waals surface area contributed by atoms with Crippen molar-refractivity contribution in [3.05, 3.63) is 40.7 Å². The first-order valence-corrected chi connectivity index (χ1v) is 10.6. The van der Waals surface area contributed by atoms with Gasteiger partial charge in [-0.3, -0.25) is 4.79 Å². The van der Waals surface area contributed by atoms with Gasteiger partial charge in [0.1, 0.15) is 5.75 Å². The Kier molecular flexibility index (Phi) is 9.92. The number of hydrogen-bond acceptors (Lipinski definition) is 2. The number of unbranched alkanes of at least 4 members (excludes halogenated alkanes) is 11. The number of nitrogens with one attached hydrogen (secondary N) is 1. The summed E-state index contributed by atoms with van der Waals surface area (Å²) in [6, 6.07) is 9.35. The Labute approximate surface area is 158 Å². The highest BCUT2D eigenvalue weighted by Crippen LogP contribution is 2.22. The molecule has 0 radical (unpaired) electrons. The minimum atomic E-state index is -0.103. The summed E-state index contributed by atoms with van der Waals surface area (Å²) in [5.41, 5.74) is 0.734. The SMILES string of the molecule is CCCCCCCCCCCCCCOc1cc(=O)[nH]c2ccccc12. The third-order valence-electron chi connectivity index (χ3n) is 4.97. The van der Waals surface area contributed by atoms with Gasteiger partial charge in [0.15, 0.2) is 0 Å². The van der Waals surface area contributed by atoms with Gasteiger partial charge in [0.05, 0.1) is 12.1 Å². The topological polar surface area (TPSA) is 42.1 Å². The Bertz CT molecular complexity index is 677. The fraction of sp³-hybridized carbons (Fsp3) is 0.609. The third kappa shape index (κ3) is 7.63. The van der Waals surface area contributed by atoms with Gasteiger partial charge in [0.2, 0.25) is 0 Å². The van der Waals surface area contributed by atoms with Crippen LogP contribution in [-0.4, -0.2) is 11.6 Å². The van der Waals surface area contributed by atoms with Crippen molar-refractivity contribution >= 4 is 10.9 Å². The summed E-state index contributed by atoms with van der Waals surface area (Å²) in [6.45, 7) is 2.96. The average molecular weight is 358 g/mol. The summed E-state index contributed by atoms with van der Waals surface area (Å²) in [7, 11) is 0. The minimum Gasteiger partial charge on any atom is -0.493 e. The lowest BCUT2D eigenvalue weighted by Gasteiger charge is -2.09. The van der Waals surface area contributed by atoms with E-state index in [9.17, 15) is 4.79 Å². The summed E-state index contributed by atoms with van der Waals surface area (Å²) in [5.74, 6) is 0.701. The zero-order chi connectivity index (χ0) is 18.5. The van der Waals surface area contributed by atoms with E-state index in [-0.39, 0.29) is 5.56 Å². The summed E-state index contributed by atoms with van der Waals surface area (Å²) in [6.07, 6.45) is 16.0. The van der Waals surface area contributed by atoms with E-state index in [1.54, 1.807) is 6.07 Å². The zero-order valence-electron chi connectivity index (χ0n) is 16.4. The molecule has 26 heavy (non-hydrogen) atoms. The van der Waals surface area contributed by atoms with E-state index in [0.717, 1.165) is 17.3 Å². The first-order valence-electron chi connectivity index (χ1n) is 10.6. The molecule has 1 N–H and O–H groups in total. The molecular weight excluding hydrogens is 322 g/mol. The summed E-state index contributed by atoms with van der Waals surface area (Å²) in [5, 5.41) is 0.978. The molecule has 3 heteroatoms. The lowest BCUT2D eigenvalue weighted by molar-refractivity contribution is 0.307. The molecule has 0 bridgehead atoms. The quantitative estimate of drug-likeness (QED) is 0.387. The number of pyridine rings is 1. The van der Waals surface area contributed by atoms with Crippen molar-refractivity contribution < 1.29 is 4.74 Å². The molecule has 0 aliphatic rings. The number of ether oxygens (including phenoxy) is 1. The maximum absolute atomic E-state index is 11.7. The van der Waals surface area contributed by atoms with E-state index in [1.165, 1.54) is 70.6 Å². The number of para-hydroxylation sites is 1. The van der Waals surface area contributed by atoms with E-state index in [4.69, 9.17) is 4.74 Å². The van der Waals surface area contributed by atoms with Crippen LogP contribution in [0.5, 0.6) is 5.75 Å². The molecule has 1 aromatic heterocycles. The fourth-order valence-electron chi connectivity index (χ4n) is 3.42. The van der Waals surface area contributed by atoms with Crippen molar-refractivity contribution in [2.24, 2.45) is 0 Å². The second kappa shape index (κ2) is 12.6. The van der Waals surface area contributed by atoms with Gasteiger partial charge in [0, 0.05) is 11.5 Å². The minimum absolute atomic E-state index is 0.103. The molecule has 0 amide bonds.